The van der Waals surface area contributed by atoms with E-state index in [-0.39, 0.29) is 6.54 Å². The molecule has 0 bridgehead atoms. The van der Waals surface area contributed by atoms with Crippen molar-refractivity contribution in [1.82, 2.24) is 5.06 Å². The number of carbonyl (C=O) groups is 1. The fraction of sp³-hybridized carbons (Fsp3) is 0.263. The number of nitrogens with zero attached hydrogens (tertiary/aromatic N) is 3. The molecule has 0 radical (unpaired) electrons. The second-order valence-electron chi connectivity index (χ2n) is 6.15. The number of anilines is 1. The molecule has 2 aromatic carbocycles. The third-order valence-corrected chi connectivity index (χ3v) is 4.44. The van der Waals surface area contributed by atoms with E-state index < -0.39 is 6.03 Å². The number of benzene rings is 2. The lowest BCUT2D eigenvalue weighted by Gasteiger charge is -2.32. The molecule has 2 amide bonds. The summed E-state index contributed by atoms with van der Waals surface area (Å²) in [7, 11) is 0. The van der Waals surface area contributed by atoms with Crippen LogP contribution >= 0.6 is 0 Å². The largest absolute Gasteiger partial charge is 0.367 e. The molecule has 0 fully saturated rings. The predicted octanol–water partition coefficient (Wildman–Crippen LogP) is 2.78. The SMILES string of the molecule is N#Cc1ccccc1CN1CCCc2cc(CN(O)C(N)=O)ccc21. The molecule has 25 heavy (non-hydrogen) atoms. The fourth-order valence-electron chi connectivity index (χ4n) is 3.21. The van der Waals surface area contributed by atoms with Gasteiger partial charge in [-0.1, -0.05) is 30.3 Å². The van der Waals surface area contributed by atoms with Crippen molar-refractivity contribution in [2.45, 2.75) is 25.9 Å². The Bertz CT molecular complexity index is 828. The topological polar surface area (TPSA) is 93.6 Å². The Morgan fingerprint density at radius 3 is 2.88 bits per heavy atom. The van der Waals surface area contributed by atoms with Crippen molar-refractivity contribution in [1.29, 1.82) is 5.26 Å². The van der Waals surface area contributed by atoms with Crippen LogP contribution in [0.2, 0.25) is 0 Å². The normalized spacial score (nSPS) is 13.0. The molecule has 3 N–H and O–H groups in total. The molecule has 0 saturated carbocycles. The van der Waals surface area contributed by atoms with Crippen molar-refractivity contribution in [3.05, 3.63) is 64.7 Å². The van der Waals surface area contributed by atoms with Crippen molar-refractivity contribution in [3.63, 3.8) is 0 Å². The number of hydrogen-bond donors (Lipinski definition) is 2. The Labute approximate surface area is 146 Å². The standard InChI is InChI=1S/C19H20N4O2/c20-11-16-4-1-2-5-17(16)13-22-9-3-6-15-10-14(7-8-18(15)22)12-23(25)19(21)24/h1-2,4-5,7-8,10,25H,3,6,9,12-13H2,(H2,21,24). The van der Waals surface area contributed by atoms with Crippen LogP contribution in [-0.2, 0) is 19.5 Å². The van der Waals surface area contributed by atoms with Crippen molar-refractivity contribution < 1.29 is 10.0 Å². The van der Waals surface area contributed by atoms with Crippen LogP contribution in [0.15, 0.2) is 42.5 Å². The molecule has 0 saturated heterocycles. The average Bonchev–Trinajstić information content (AvgIpc) is 2.62. The number of rotatable bonds is 4. The minimum atomic E-state index is -0.868. The number of nitriles is 1. The first-order valence-corrected chi connectivity index (χ1v) is 8.19. The van der Waals surface area contributed by atoms with Crippen LogP contribution in [0.1, 0.15) is 28.7 Å². The number of amides is 2. The first-order valence-electron chi connectivity index (χ1n) is 8.19. The molecule has 2 aromatic rings. The molecule has 0 unspecified atom stereocenters. The zero-order chi connectivity index (χ0) is 17.8. The van der Waals surface area contributed by atoms with Gasteiger partial charge >= 0.3 is 6.03 Å². The summed E-state index contributed by atoms with van der Waals surface area (Å²) >= 11 is 0. The third kappa shape index (κ3) is 3.73. The fourth-order valence-corrected chi connectivity index (χ4v) is 3.21. The highest BCUT2D eigenvalue weighted by atomic mass is 16.5. The first-order chi connectivity index (χ1) is 12.1. The van der Waals surface area contributed by atoms with E-state index in [1.165, 1.54) is 5.56 Å². The van der Waals surface area contributed by atoms with Crippen molar-refractivity contribution in [3.8, 4) is 6.07 Å². The first kappa shape index (κ1) is 16.8. The smallest absolute Gasteiger partial charge is 0.338 e. The van der Waals surface area contributed by atoms with Crippen LogP contribution in [0, 0.1) is 11.3 Å². The van der Waals surface area contributed by atoms with Gasteiger partial charge in [0.1, 0.15) is 0 Å². The number of fused-ring (bicyclic) bond motifs is 1. The quantitative estimate of drug-likeness (QED) is 0.663. The van der Waals surface area contributed by atoms with Gasteiger partial charge < -0.3 is 10.6 Å². The molecule has 0 aliphatic carbocycles. The van der Waals surface area contributed by atoms with Gasteiger partial charge in [0.05, 0.1) is 18.2 Å². The van der Waals surface area contributed by atoms with Gasteiger partial charge in [-0.05, 0) is 41.7 Å². The molecule has 0 aromatic heterocycles. The number of hydroxylamine groups is 2. The highest BCUT2D eigenvalue weighted by Crippen LogP contribution is 2.30. The molecular formula is C19H20N4O2. The Morgan fingerprint density at radius 2 is 2.12 bits per heavy atom. The van der Waals surface area contributed by atoms with E-state index in [9.17, 15) is 15.3 Å². The average molecular weight is 336 g/mol. The van der Waals surface area contributed by atoms with Gasteiger partial charge in [-0.25, -0.2) is 9.86 Å². The molecule has 6 heteroatoms. The summed E-state index contributed by atoms with van der Waals surface area (Å²) in [5.41, 5.74) is 9.91. The van der Waals surface area contributed by atoms with E-state index in [0.717, 1.165) is 36.2 Å². The van der Waals surface area contributed by atoms with Crippen molar-refractivity contribution in [2.75, 3.05) is 11.4 Å². The lowest BCUT2D eigenvalue weighted by Crippen LogP contribution is -2.32. The number of carbonyl (C=O) groups excluding carboxylic acids is 1. The van der Waals surface area contributed by atoms with E-state index in [0.29, 0.717) is 17.2 Å². The van der Waals surface area contributed by atoms with E-state index in [1.807, 2.05) is 42.5 Å². The second kappa shape index (κ2) is 7.24. The minimum Gasteiger partial charge on any atom is -0.367 e. The van der Waals surface area contributed by atoms with E-state index in [2.05, 4.69) is 11.0 Å². The van der Waals surface area contributed by atoms with Crippen molar-refractivity contribution >= 4 is 11.7 Å². The molecule has 0 atom stereocenters. The van der Waals surface area contributed by atoms with Gasteiger partial charge in [0, 0.05) is 18.8 Å². The second-order valence-corrected chi connectivity index (χ2v) is 6.15. The maximum atomic E-state index is 11.0. The lowest BCUT2D eigenvalue weighted by molar-refractivity contribution is -0.0470. The van der Waals surface area contributed by atoms with Crippen LogP contribution in [0.4, 0.5) is 10.5 Å². The monoisotopic (exact) mass is 336 g/mol. The zero-order valence-electron chi connectivity index (χ0n) is 13.9. The molecule has 1 aliphatic rings. The Kier molecular flexibility index (Phi) is 4.87. The summed E-state index contributed by atoms with van der Waals surface area (Å²) in [6.45, 7) is 1.68. The van der Waals surface area contributed by atoms with Gasteiger partial charge in [0.15, 0.2) is 0 Å². The van der Waals surface area contributed by atoms with Gasteiger partial charge in [-0.3, -0.25) is 5.21 Å². The van der Waals surface area contributed by atoms with Gasteiger partial charge in [-0.15, -0.1) is 0 Å². The molecule has 6 nitrogen and oxygen atoms in total. The summed E-state index contributed by atoms with van der Waals surface area (Å²) in [6.07, 6.45) is 1.96. The Balaban J connectivity index is 1.83. The number of nitrogens with two attached hydrogens (primary N) is 1. The lowest BCUT2D eigenvalue weighted by atomic mass is 9.98. The highest BCUT2D eigenvalue weighted by Gasteiger charge is 2.19. The van der Waals surface area contributed by atoms with Gasteiger partial charge in [0.25, 0.3) is 0 Å². The maximum Gasteiger partial charge on any atom is 0.338 e. The maximum absolute atomic E-state index is 11.0. The number of urea groups is 1. The van der Waals surface area contributed by atoms with Gasteiger partial charge in [0.2, 0.25) is 0 Å². The van der Waals surface area contributed by atoms with Crippen LogP contribution in [0.5, 0.6) is 0 Å². The zero-order valence-corrected chi connectivity index (χ0v) is 13.9. The molecular weight excluding hydrogens is 316 g/mol. The number of primary amides is 1. The molecule has 1 aliphatic heterocycles. The summed E-state index contributed by atoms with van der Waals surface area (Å²) in [6, 6.07) is 14.9. The minimum absolute atomic E-state index is 0.0693. The number of hydrogen-bond acceptors (Lipinski definition) is 4. The van der Waals surface area contributed by atoms with Crippen LogP contribution in [-0.4, -0.2) is 22.8 Å². The molecule has 3 rings (SSSR count). The molecule has 1 heterocycles. The predicted molar refractivity (Wildman–Crippen MR) is 93.9 cm³/mol. The summed E-state index contributed by atoms with van der Waals surface area (Å²) < 4.78 is 0. The third-order valence-electron chi connectivity index (χ3n) is 4.44. The Hall–Kier alpha value is -3.04. The Morgan fingerprint density at radius 1 is 1.32 bits per heavy atom. The van der Waals surface area contributed by atoms with Crippen LogP contribution in [0.3, 0.4) is 0 Å². The summed E-state index contributed by atoms with van der Waals surface area (Å²) in [5, 5.41) is 19.3. The van der Waals surface area contributed by atoms with Crippen LogP contribution < -0.4 is 10.6 Å². The number of aryl methyl sites for hydroxylation is 1. The van der Waals surface area contributed by atoms with E-state index in [1.54, 1.807) is 0 Å². The molecule has 0 spiro atoms. The van der Waals surface area contributed by atoms with E-state index in [4.69, 9.17) is 5.73 Å². The van der Waals surface area contributed by atoms with Gasteiger partial charge in [-0.2, -0.15) is 5.26 Å². The van der Waals surface area contributed by atoms with Crippen LogP contribution in [0.25, 0.3) is 0 Å². The summed E-state index contributed by atoms with van der Waals surface area (Å²) in [5.74, 6) is 0. The molecule has 128 valence electrons. The highest BCUT2D eigenvalue weighted by molar-refractivity contribution is 5.70. The summed E-state index contributed by atoms with van der Waals surface area (Å²) in [4.78, 5) is 13.2. The van der Waals surface area contributed by atoms with E-state index >= 15 is 0 Å². The van der Waals surface area contributed by atoms with Crippen molar-refractivity contribution in [2.24, 2.45) is 5.73 Å².